The van der Waals surface area contributed by atoms with Gasteiger partial charge in [0.2, 0.25) is 0 Å². The van der Waals surface area contributed by atoms with Crippen molar-refractivity contribution >= 4 is 11.3 Å². The van der Waals surface area contributed by atoms with Crippen LogP contribution in [0.4, 0.5) is 0 Å². The van der Waals surface area contributed by atoms with Crippen molar-refractivity contribution in [2.75, 3.05) is 6.61 Å². The van der Waals surface area contributed by atoms with Gasteiger partial charge in [-0.2, -0.15) is 5.26 Å². The first kappa shape index (κ1) is 10.6. The Balaban J connectivity index is 1.85. The van der Waals surface area contributed by atoms with E-state index in [-0.39, 0.29) is 0 Å². The van der Waals surface area contributed by atoms with Gasteiger partial charge in [0.25, 0.3) is 0 Å². The van der Waals surface area contributed by atoms with Gasteiger partial charge < -0.3 is 10.1 Å². The molecule has 1 aromatic rings. The second kappa shape index (κ2) is 4.75. The molecule has 3 nitrogen and oxygen atoms in total. The van der Waals surface area contributed by atoms with Gasteiger partial charge in [0.05, 0.1) is 11.7 Å². The minimum atomic E-state index is 0.306. The van der Waals surface area contributed by atoms with Crippen LogP contribution in [0.2, 0.25) is 0 Å². The summed E-state index contributed by atoms with van der Waals surface area (Å²) in [5.74, 6) is 0. The lowest BCUT2D eigenvalue weighted by atomic mass is 10.1. The molecule has 1 N–H and O–H groups in total. The Morgan fingerprint density at radius 2 is 2.60 bits per heavy atom. The first-order valence-electron chi connectivity index (χ1n) is 5.12. The summed E-state index contributed by atoms with van der Waals surface area (Å²) >= 11 is 1.63. The molecule has 15 heavy (non-hydrogen) atoms. The quantitative estimate of drug-likeness (QED) is 0.849. The summed E-state index contributed by atoms with van der Waals surface area (Å²) in [4.78, 5) is 1.21. The van der Waals surface area contributed by atoms with E-state index in [0.29, 0.717) is 12.1 Å². The number of hydrogen-bond acceptors (Lipinski definition) is 4. The Kier molecular flexibility index (Phi) is 3.37. The van der Waals surface area contributed by atoms with E-state index in [1.807, 2.05) is 11.4 Å². The Morgan fingerprint density at radius 3 is 3.20 bits per heavy atom. The van der Waals surface area contributed by atoms with Crippen molar-refractivity contribution in [3.63, 3.8) is 0 Å². The highest BCUT2D eigenvalue weighted by atomic mass is 32.1. The SMILES string of the molecule is CC1OCCC1NCc1cc(C#N)cs1. The number of thiophene rings is 1. The molecular weight excluding hydrogens is 208 g/mol. The summed E-state index contributed by atoms with van der Waals surface area (Å²) in [6, 6.07) is 4.54. The van der Waals surface area contributed by atoms with Gasteiger partial charge in [0.1, 0.15) is 6.07 Å². The van der Waals surface area contributed by atoms with Gasteiger partial charge in [-0.3, -0.25) is 0 Å². The van der Waals surface area contributed by atoms with E-state index in [4.69, 9.17) is 10.00 Å². The average molecular weight is 222 g/mol. The molecule has 0 bridgehead atoms. The minimum Gasteiger partial charge on any atom is -0.377 e. The smallest absolute Gasteiger partial charge is 0.100 e. The molecule has 1 saturated heterocycles. The first-order valence-corrected chi connectivity index (χ1v) is 6.00. The van der Waals surface area contributed by atoms with Crippen molar-refractivity contribution in [3.8, 4) is 6.07 Å². The van der Waals surface area contributed by atoms with Crippen LogP contribution in [-0.2, 0) is 11.3 Å². The normalized spacial score (nSPS) is 25.3. The minimum absolute atomic E-state index is 0.306. The fraction of sp³-hybridized carbons (Fsp3) is 0.545. The van der Waals surface area contributed by atoms with Gasteiger partial charge >= 0.3 is 0 Å². The highest BCUT2D eigenvalue weighted by Gasteiger charge is 2.23. The maximum absolute atomic E-state index is 8.69. The molecule has 0 aliphatic carbocycles. The molecule has 4 heteroatoms. The Bertz CT molecular complexity index is 369. The van der Waals surface area contributed by atoms with Crippen molar-refractivity contribution in [1.29, 1.82) is 5.26 Å². The van der Waals surface area contributed by atoms with Crippen LogP contribution < -0.4 is 5.32 Å². The molecule has 0 radical (unpaired) electrons. The summed E-state index contributed by atoms with van der Waals surface area (Å²) in [6.45, 7) is 3.79. The molecule has 0 aromatic carbocycles. The highest BCUT2D eigenvalue weighted by molar-refractivity contribution is 7.10. The van der Waals surface area contributed by atoms with Crippen molar-refractivity contribution in [2.24, 2.45) is 0 Å². The second-order valence-corrected chi connectivity index (χ2v) is 4.76. The zero-order chi connectivity index (χ0) is 10.7. The predicted octanol–water partition coefficient (Wildman–Crippen LogP) is 1.89. The number of nitrogens with one attached hydrogen (secondary N) is 1. The lowest BCUT2D eigenvalue weighted by Crippen LogP contribution is -2.33. The molecule has 0 spiro atoms. The molecule has 2 rings (SSSR count). The van der Waals surface area contributed by atoms with E-state index in [0.717, 1.165) is 25.1 Å². The Labute approximate surface area is 93.7 Å². The average Bonchev–Trinajstić information content (AvgIpc) is 2.84. The third-order valence-corrected chi connectivity index (χ3v) is 3.63. The molecular formula is C11H14N2OS. The van der Waals surface area contributed by atoms with E-state index in [1.165, 1.54) is 4.88 Å². The maximum atomic E-state index is 8.69. The molecule has 2 atom stereocenters. The fourth-order valence-electron chi connectivity index (χ4n) is 1.76. The van der Waals surface area contributed by atoms with E-state index < -0.39 is 0 Å². The van der Waals surface area contributed by atoms with Gasteiger partial charge in [-0.25, -0.2) is 0 Å². The number of nitrogens with zero attached hydrogens (tertiary/aromatic N) is 1. The first-order chi connectivity index (χ1) is 7.29. The zero-order valence-electron chi connectivity index (χ0n) is 8.69. The van der Waals surface area contributed by atoms with Crippen LogP contribution in [0.15, 0.2) is 11.4 Å². The summed E-state index contributed by atoms with van der Waals surface area (Å²) in [5, 5.41) is 14.0. The lowest BCUT2D eigenvalue weighted by Gasteiger charge is -2.14. The maximum Gasteiger partial charge on any atom is 0.100 e. The Hall–Kier alpha value is -0.890. The van der Waals surface area contributed by atoms with Crippen molar-refractivity contribution in [2.45, 2.75) is 32.0 Å². The molecule has 1 aromatic heterocycles. The van der Waals surface area contributed by atoms with Crippen LogP contribution in [0.25, 0.3) is 0 Å². The van der Waals surface area contributed by atoms with Gasteiger partial charge in [-0.05, 0) is 19.4 Å². The van der Waals surface area contributed by atoms with Crippen molar-refractivity contribution < 1.29 is 4.74 Å². The van der Waals surface area contributed by atoms with Crippen LogP contribution in [-0.4, -0.2) is 18.8 Å². The highest BCUT2D eigenvalue weighted by Crippen LogP contribution is 2.16. The van der Waals surface area contributed by atoms with Gasteiger partial charge in [0, 0.05) is 29.5 Å². The summed E-state index contributed by atoms with van der Waals surface area (Å²) in [7, 11) is 0. The number of rotatable bonds is 3. The summed E-state index contributed by atoms with van der Waals surface area (Å²) < 4.78 is 5.47. The molecule has 80 valence electrons. The lowest BCUT2D eigenvalue weighted by molar-refractivity contribution is 0.113. The third-order valence-electron chi connectivity index (χ3n) is 2.70. The van der Waals surface area contributed by atoms with Crippen LogP contribution in [0.5, 0.6) is 0 Å². The molecule has 0 saturated carbocycles. The topological polar surface area (TPSA) is 45.0 Å². The zero-order valence-corrected chi connectivity index (χ0v) is 9.51. The van der Waals surface area contributed by atoms with Crippen LogP contribution in [0.1, 0.15) is 23.8 Å². The molecule has 2 heterocycles. The van der Waals surface area contributed by atoms with E-state index in [1.54, 1.807) is 11.3 Å². The standard InChI is InChI=1S/C11H14N2OS/c1-8-11(2-3-14-8)13-6-10-4-9(5-12)7-15-10/h4,7-8,11,13H,2-3,6H2,1H3. The van der Waals surface area contributed by atoms with E-state index >= 15 is 0 Å². The molecule has 0 amide bonds. The fourth-order valence-corrected chi connectivity index (χ4v) is 2.52. The van der Waals surface area contributed by atoms with Gasteiger partial charge in [0.15, 0.2) is 0 Å². The van der Waals surface area contributed by atoms with Crippen LogP contribution in [0, 0.1) is 11.3 Å². The number of hydrogen-bond donors (Lipinski definition) is 1. The second-order valence-electron chi connectivity index (χ2n) is 3.77. The Morgan fingerprint density at radius 1 is 1.73 bits per heavy atom. The molecule has 1 aliphatic rings. The molecule has 1 aliphatic heterocycles. The monoisotopic (exact) mass is 222 g/mol. The summed E-state index contributed by atoms with van der Waals surface area (Å²) in [6.07, 6.45) is 1.39. The van der Waals surface area contributed by atoms with Gasteiger partial charge in [-0.1, -0.05) is 0 Å². The van der Waals surface area contributed by atoms with Crippen LogP contribution in [0.3, 0.4) is 0 Å². The molecule has 2 unspecified atom stereocenters. The number of nitriles is 1. The number of ether oxygens (including phenoxy) is 1. The molecule has 1 fully saturated rings. The van der Waals surface area contributed by atoms with E-state index in [9.17, 15) is 0 Å². The summed E-state index contributed by atoms with van der Waals surface area (Å²) in [5.41, 5.74) is 0.757. The van der Waals surface area contributed by atoms with E-state index in [2.05, 4.69) is 18.3 Å². The van der Waals surface area contributed by atoms with Crippen molar-refractivity contribution in [3.05, 3.63) is 21.9 Å². The van der Waals surface area contributed by atoms with Crippen LogP contribution >= 0.6 is 11.3 Å². The largest absolute Gasteiger partial charge is 0.377 e. The van der Waals surface area contributed by atoms with Crippen molar-refractivity contribution in [1.82, 2.24) is 5.32 Å². The predicted molar refractivity (Wildman–Crippen MR) is 59.7 cm³/mol. The van der Waals surface area contributed by atoms with Gasteiger partial charge in [-0.15, -0.1) is 11.3 Å². The third kappa shape index (κ3) is 2.57.